The molecule has 3 N–H and O–H groups in total. The lowest BCUT2D eigenvalue weighted by Crippen LogP contribution is -2.30. The van der Waals surface area contributed by atoms with Gasteiger partial charge in [0.15, 0.2) is 0 Å². The summed E-state index contributed by atoms with van der Waals surface area (Å²) in [7, 11) is 0. The summed E-state index contributed by atoms with van der Waals surface area (Å²) in [6.07, 6.45) is 6.56. The van der Waals surface area contributed by atoms with Gasteiger partial charge in [-0.25, -0.2) is 10.2 Å². The van der Waals surface area contributed by atoms with E-state index in [9.17, 15) is 4.79 Å². The number of carbonyl (C=O) groups is 1. The van der Waals surface area contributed by atoms with E-state index in [2.05, 4.69) is 10.5 Å². The molecule has 0 aromatic heterocycles. The number of nitrogens with one attached hydrogen (secondary N) is 1. The molecule has 3 fully saturated rings. The van der Waals surface area contributed by atoms with Crippen LogP contribution in [0.1, 0.15) is 32.1 Å². The number of urea groups is 1. The fourth-order valence-corrected chi connectivity index (χ4v) is 4.07. The summed E-state index contributed by atoms with van der Waals surface area (Å²) in [5.41, 5.74) is 8.59. The maximum absolute atomic E-state index is 10.6. The van der Waals surface area contributed by atoms with Crippen molar-refractivity contribution in [1.29, 1.82) is 0 Å². The number of amides is 2. The summed E-state index contributed by atoms with van der Waals surface area (Å²) in [5, 5.41) is 4.16. The quantitative estimate of drug-likeness (QED) is 0.628. The van der Waals surface area contributed by atoms with E-state index in [1.807, 2.05) is 0 Å². The van der Waals surface area contributed by atoms with E-state index in [0.29, 0.717) is 5.92 Å². The molecule has 82 valence electrons. The van der Waals surface area contributed by atoms with E-state index in [1.165, 1.54) is 31.4 Å². The van der Waals surface area contributed by atoms with Crippen LogP contribution in [0.2, 0.25) is 0 Å². The van der Waals surface area contributed by atoms with E-state index in [4.69, 9.17) is 5.73 Å². The van der Waals surface area contributed by atoms with Gasteiger partial charge in [-0.15, -0.1) is 0 Å². The van der Waals surface area contributed by atoms with Gasteiger partial charge in [-0.2, -0.15) is 5.10 Å². The van der Waals surface area contributed by atoms with Crippen LogP contribution in [-0.4, -0.2) is 11.7 Å². The van der Waals surface area contributed by atoms with Crippen LogP contribution < -0.4 is 11.2 Å². The number of nitrogens with two attached hydrogens (primary N) is 1. The highest BCUT2D eigenvalue weighted by molar-refractivity contribution is 5.91. The highest BCUT2D eigenvalue weighted by Gasteiger charge is 2.52. The Labute approximate surface area is 89.3 Å². The topological polar surface area (TPSA) is 67.5 Å². The zero-order valence-electron chi connectivity index (χ0n) is 8.78. The van der Waals surface area contributed by atoms with E-state index in [-0.39, 0.29) is 0 Å². The molecule has 4 heteroatoms. The van der Waals surface area contributed by atoms with E-state index < -0.39 is 6.03 Å². The van der Waals surface area contributed by atoms with Crippen LogP contribution in [0.4, 0.5) is 4.79 Å². The zero-order valence-corrected chi connectivity index (χ0v) is 8.78. The average Bonchev–Trinajstić information content (AvgIpc) is 2.86. The fraction of sp³-hybridized carbons (Fsp3) is 0.818. The molecule has 0 heterocycles. The highest BCUT2D eigenvalue weighted by Crippen LogP contribution is 2.57. The van der Waals surface area contributed by atoms with Crippen molar-refractivity contribution in [3.63, 3.8) is 0 Å². The minimum absolute atomic E-state index is 0.548. The second-order valence-corrected chi connectivity index (χ2v) is 5.14. The summed E-state index contributed by atoms with van der Waals surface area (Å²) < 4.78 is 0. The molecular formula is C11H17N3O. The second-order valence-electron chi connectivity index (χ2n) is 5.14. The zero-order chi connectivity index (χ0) is 10.4. The second kappa shape index (κ2) is 3.22. The summed E-state index contributed by atoms with van der Waals surface area (Å²) in [5.74, 6) is 3.31. The van der Waals surface area contributed by atoms with Gasteiger partial charge in [0.1, 0.15) is 0 Å². The van der Waals surface area contributed by atoms with Gasteiger partial charge in [0, 0.05) is 11.6 Å². The molecule has 3 aliphatic rings. The number of nitrogens with zero attached hydrogens (tertiary/aromatic N) is 1. The van der Waals surface area contributed by atoms with Gasteiger partial charge in [0.05, 0.1) is 0 Å². The minimum Gasteiger partial charge on any atom is -0.350 e. The first-order chi connectivity index (χ1) is 7.25. The smallest absolute Gasteiger partial charge is 0.332 e. The molecule has 15 heavy (non-hydrogen) atoms. The number of hydrogen-bond donors (Lipinski definition) is 2. The maximum atomic E-state index is 10.6. The number of rotatable bonds is 1. The molecule has 4 atom stereocenters. The molecule has 2 bridgehead atoms. The average molecular weight is 207 g/mol. The van der Waals surface area contributed by atoms with Gasteiger partial charge in [-0.1, -0.05) is 6.42 Å². The lowest BCUT2D eigenvalue weighted by molar-refractivity contribution is 0.249. The predicted octanol–water partition coefficient (Wildman–Crippen LogP) is 1.47. The van der Waals surface area contributed by atoms with E-state index >= 15 is 0 Å². The largest absolute Gasteiger partial charge is 0.350 e. The van der Waals surface area contributed by atoms with E-state index in [0.717, 1.165) is 24.2 Å². The number of carbonyl (C=O) groups excluding carboxylic acids is 1. The Morgan fingerprint density at radius 3 is 3.00 bits per heavy atom. The summed E-state index contributed by atoms with van der Waals surface area (Å²) in [4.78, 5) is 10.6. The number of fused-ring (bicyclic) bond motifs is 5. The highest BCUT2D eigenvalue weighted by atomic mass is 16.2. The molecule has 3 saturated carbocycles. The Kier molecular flexibility index (Phi) is 1.97. The Balaban J connectivity index is 1.75. The molecular weight excluding hydrogens is 190 g/mol. The molecule has 4 nitrogen and oxygen atoms in total. The van der Waals surface area contributed by atoms with Crippen LogP contribution in [0, 0.1) is 23.7 Å². The third-order valence-corrected chi connectivity index (χ3v) is 4.51. The standard InChI is InChI=1S/C11H17N3O/c12-11(15)14-13-10-5-6-4-9(10)8-3-1-2-7(6)8/h6-9H,1-5H2,(H3,12,14,15)/b13-10+/t6-,7+,8-,9+/m1/s1. The van der Waals surface area contributed by atoms with Gasteiger partial charge in [-0.3, -0.25) is 0 Å². The van der Waals surface area contributed by atoms with Crippen LogP contribution in [-0.2, 0) is 0 Å². The van der Waals surface area contributed by atoms with E-state index in [1.54, 1.807) is 0 Å². The Bertz CT molecular complexity index is 326. The summed E-state index contributed by atoms with van der Waals surface area (Å²) in [6, 6.07) is -0.548. The Morgan fingerprint density at radius 1 is 1.40 bits per heavy atom. The third kappa shape index (κ3) is 1.34. The van der Waals surface area contributed by atoms with Crippen molar-refractivity contribution in [1.82, 2.24) is 5.43 Å². The molecule has 0 aliphatic heterocycles. The predicted molar refractivity (Wildman–Crippen MR) is 57.2 cm³/mol. The van der Waals surface area contributed by atoms with Crippen LogP contribution in [0.25, 0.3) is 0 Å². The minimum atomic E-state index is -0.548. The van der Waals surface area contributed by atoms with Gasteiger partial charge in [0.2, 0.25) is 0 Å². The van der Waals surface area contributed by atoms with Crippen LogP contribution in [0.5, 0.6) is 0 Å². The van der Waals surface area contributed by atoms with Crippen molar-refractivity contribution in [2.75, 3.05) is 0 Å². The van der Waals surface area contributed by atoms with Crippen molar-refractivity contribution in [3.05, 3.63) is 0 Å². The summed E-state index contributed by atoms with van der Waals surface area (Å²) in [6.45, 7) is 0. The first-order valence-electron chi connectivity index (χ1n) is 5.87. The summed E-state index contributed by atoms with van der Waals surface area (Å²) >= 11 is 0. The van der Waals surface area contributed by atoms with Gasteiger partial charge in [0.25, 0.3) is 0 Å². The van der Waals surface area contributed by atoms with Gasteiger partial charge in [-0.05, 0) is 43.4 Å². The molecule has 0 saturated heterocycles. The lowest BCUT2D eigenvalue weighted by Gasteiger charge is -2.25. The molecule has 0 aromatic carbocycles. The van der Waals surface area contributed by atoms with Crippen LogP contribution in [0.15, 0.2) is 5.10 Å². The molecule has 3 aliphatic carbocycles. The number of hydrazone groups is 1. The van der Waals surface area contributed by atoms with Gasteiger partial charge < -0.3 is 5.73 Å². The SMILES string of the molecule is NC(=O)N/N=C1\C[C@H]2C[C@H]1[C@@H]1CCC[C@@H]21. The Morgan fingerprint density at radius 2 is 2.20 bits per heavy atom. The van der Waals surface area contributed by atoms with Crippen molar-refractivity contribution in [3.8, 4) is 0 Å². The molecule has 0 aromatic rings. The fourth-order valence-electron chi connectivity index (χ4n) is 4.07. The maximum Gasteiger partial charge on any atom is 0.332 e. The lowest BCUT2D eigenvalue weighted by atomic mass is 9.81. The van der Waals surface area contributed by atoms with Gasteiger partial charge >= 0.3 is 6.03 Å². The Hall–Kier alpha value is -1.06. The first kappa shape index (κ1) is 9.19. The molecule has 0 radical (unpaired) electrons. The molecule has 0 spiro atoms. The first-order valence-corrected chi connectivity index (χ1v) is 5.87. The third-order valence-electron chi connectivity index (χ3n) is 4.51. The van der Waals surface area contributed by atoms with Crippen LogP contribution >= 0.6 is 0 Å². The van der Waals surface area contributed by atoms with Crippen LogP contribution in [0.3, 0.4) is 0 Å². The van der Waals surface area contributed by atoms with Crippen molar-refractivity contribution < 1.29 is 4.79 Å². The van der Waals surface area contributed by atoms with Crippen molar-refractivity contribution in [2.24, 2.45) is 34.5 Å². The normalized spacial score (nSPS) is 44.7. The van der Waals surface area contributed by atoms with Crippen molar-refractivity contribution in [2.45, 2.75) is 32.1 Å². The molecule has 0 unspecified atom stereocenters. The molecule has 2 amide bonds. The van der Waals surface area contributed by atoms with Crippen molar-refractivity contribution >= 4 is 11.7 Å². The monoisotopic (exact) mass is 207 g/mol. The number of primary amides is 1. The number of hydrogen-bond acceptors (Lipinski definition) is 2. The molecule has 3 rings (SSSR count).